The lowest BCUT2D eigenvalue weighted by molar-refractivity contribution is 1.18. The Kier molecular flexibility index (Phi) is 4.65. The van der Waals surface area contributed by atoms with Crippen LogP contribution in [0.1, 0.15) is 11.1 Å². The van der Waals surface area contributed by atoms with Crippen molar-refractivity contribution in [1.29, 1.82) is 0 Å². The molecule has 0 unspecified atom stereocenters. The number of nitrogens with zero attached hydrogens (tertiary/aromatic N) is 1. The van der Waals surface area contributed by atoms with Crippen molar-refractivity contribution < 1.29 is 0 Å². The summed E-state index contributed by atoms with van der Waals surface area (Å²) in [7, 11) is 0. The molecular formula is C37H25N. The highest BCUT2D eigenvalue weighted by Crippen LogP contribution is 2.41. The molecule has 6 aromatic carbocycles. The van der Waals surface area contributed by atoms with Crippen LogP contribution < -0.4 is 0 Å². The van der Waals surface area contributed by atoms with Crippen molar-refractivity contribution in [2.75, 3.05) is 0 Å². The van der Waals surface area contributed by atoms with E-state index < -0.39 is 0 Å². The summed E-state index contributed by atoms with van der Waals surface area (Å²) in [5.41, 5.74) is 14.2. The molecule has 1 aliphatic rings. The molecule has 1 aliphatic carbocycles. The van der Waals surface area contributed by atoms with Crippen molar-refractivity contribution in [3.8, 4) is 39.1 Å². The highest BCUT2D eigenvalue weighted by molar-refractivity contribution is 6.11. The summed E-state index contributed by atoms with van der Waals surface area (Å²) >= 11 is 0. The molecule has 0 amide bonds. The van der Waals surface area contributed by atoms with Crippen LogP contribution in [0.25, 0.3) is 60.9 Å². The Morgan fingerprint density at radius 3 is 1.68 bits per heavy atom. The minimum absolute atomic E-state index is 1.03. The van der Waals surface area contributed by atoms with Gasteiger partial charge in [-0.05, 0) is 93.4 Å². The maximum absolute atomic E-state index is 2.39. The van der Waals surface area contributed by atoms with Gasteiger partial charge in [0.15, 0.2) is 0 Å². The fourth-order valence-electron chi connectivity index (χ4n) is 6.17. The molecule has 7 aromatic rings. The Morgan fingerprint density at radius 2 is 0.947 bits per heavy atom. The Bertz CT molecular complexity index is 1980. The molecule has 0 fully saturated rings. The standard InChI is InChI=1S/C37H25N/c1-3-9-25(10-4-1)26-17-19-36-34(23-26)35-24-28(18-20-37(35)38(36)31-12-5-2-6-13-31)27-15-16-30-21-29-11-7-8-14-32(29)33(30)22-27/h1-20,22-24H,21H2. The van der Waals surface area contributed by atoms with Crippen molar-refractivity contribution in [1.82, 2.24) is 4.57 Å². The van der Waals surface area contributed by atoms with E-state index in [0.29, 0.717) is 0 Å². The fourth-order valence-corrected chi connectivity index (χ4v) is 6.17. The second-order valence-corrected chi connectivity index (χ2v) is 10.2. The molecule has 1 aromatic heterocycles. The summed E-state index contributed by atoms with van der Waals surface area (Å²) in [6, 6.07) is 51.0. The van der Waals surface area contributed by atoms with Gasteiger partial charge in [0.25, 0.3) is 0 Å². The molecule has 38 heavy (non-hydrogen) atoms. The maximum Gasteiger partial charge on any atom is 0.0541 e. The number of benzene rings is 6. The molecule has 0 saturated carbocycles. The van der Waals surface area contributed by atoms with Crippen molar-refractivity contribution in [2.24, 2.45) is 0 Å². The summed E-state index contributed by atoms with van der Waals surface area (Å²) in [4.78, 5) is 0. The van der Waals surface area contributed by atoms with Crippen LogP contribution in [-0.2, 0) is 6.42 Å². The van der Waals surface area contributed by atoms with Gasteiger partial charge in [-0.3, -0.25) is 0 Å². The first kappa shape index (κ1) is 21.2. The van der Waals surface area contributed by atoms with Crippen molar-refractivity contribution in [3.05, 3.63) is 151 Å². The van der Waals surface area contributed by atoms with E-state index in [2.05, 4.69) is 144 Å². The van der Waals surface area contributed by atoms with Crippen LogP contribution in [0.5, 0.6) is 0 Å². The van der Waals surface area contributed by atoms with Gasteiger partial charge in [0.2, 0.25) is 0 Å². The van der Waals surface area contributed by atoms with Crippen molar-refractivity contribution >= 4 is 21.8 Å². The van der Waals surface area contributed by atoms with Crippen LogP contribution in [0.3, 0.4) is 0 Å². The lowest BCUT2D eigenvalue weighted by atomic mass is 9.97. The molecule has 0 aliphatic heterocycles. The van der Waals surface area contributed by atoms with Gasteiger partial charge in [-0.15, -0.1) is 0 Å². The van der Waals surface area contributed by atoms with E-state index in [1.807, 2.05) is 0 Å². The number of hydrogen-bond donors (Lipinski definition) is 0. The average Bonchev–Trinajstić information content (AvgIpc) is 3.52. The van der Waals surface area contributed by atoms with Crippen molar-refractivity contribution in [2.45, 2.75) is 6.42 Å². The largest absolute Gasteiger partial charge is 0.309 e. The smallest absolute Gasteiger partial charge is 0.0541 e. The van der Waals surface area contributed by atoms with Crippen LogP contribution in [0.15, 0.2) is 140 Å². The van der Waals surface area contributed by atoms with E-state index in [0.717, 1.165) is 6.42 Å². The minimum atomic E-state index is 1.03. The van der Waals surface area contributed by atoms with Gasteiger partial charge >= 0.3 is 0 Å². The first-order valence-electron chi connectivity index (χ1n) is 13.2. The van der Waals surface area contributed by atoms with Gasteiger partial charge in [-0.2, -0.15) is 0 Å². The van der Waals surface area contributed by atoms with Gasteiger partial charge in [0.05, 0.1) is 11.0 Å². The Hall–Kier alpha value is -4.88. The molecule has 0 spiro atoms. The van der Waals surface area contributed by atoms with E-state index in [-0.39, 0.29) is 0 Å². The summed E-state index contributed by atoms with van der Waals surface area (Å²) in [5, 5.41) is 2.55. The summed E-state index contributed by atoms with van der Waals surface area (Å²) in [5.74, 6) is 0. The molecule has 1 heteroatoms. The molecule has 0 atom stereocenters. The van der Waals surface area contributed by atoms with Crippen molar-refractivity contribution in [3.63, 3.8) is 0 Å². The van der Waals surface area contributed by atoms with Gasteiger partial charge in [-0.1, -0.05) is 97.1 Å². The van der Waals surface area contributed by atoms with E-state index in [4.69, 9.17) is 0 Å². The van der Waals surface area contributed by atoms with E-state index in [1.165, 1.54) is 72.0 Å². The molecule has 1 nitrogen and oxygen atoms in total. The number of para-hydroxylation sites is 1. The molecule has 178 valence electrons. The highest BCUT2D eigenvalue weighted by atomic mass is 15.0. The predicted molar refractivity (Wildman–Crippen MR) is 160 cm³/mol. The van der Waals surface area contributed by atoms with Crippen LogP contribution in [-0.4, -0.2) is 4.57 Å². The quantitative estimate of drug-likeness (QED) is 0.236. The lowest BCUT2D eigenvalue weighted by Crippen LogP contribution is -1.93. The topological polar surface area (TPSA) is 4.93 Å². The molecular weight excluding hydrogens is 458 g/mol. The van der Waals surface area contributed by atoms with E-state index >= 15 is 0 Å². The zero-order chi connectivity index (χ0) is 25.1. The summed E-state index contributed by atoms with van der Waals surface area (Å²) < 4.78 is 2.39. The van der Waals surface area contributed by atoms with Gasteiger partial charge in [-0.25, -0.2) is 0 Å². The van der Waals surface area contributed by atoms with Crippen LogP contribution >= 0.6 is 0 Å². The summed E-state index contributed by atoms with van der Waals surface area (Å²) in [6.07, 6.45) is 1.03. The Morgan fingerprint density at radius 1 is 0.395 bits per heavy atom. The molecule has 0 radical (unpaired) electrons. The van der Waals surface area contributed by atoms with Gasteiger partial charge in [0, 0.05) is 16.5 Å². The lowest BCUT2D eigenvalue weighted by Gasteiger charge is -2.09. The summed E-state index contributed by atoms with van der Waals surface area (Å²) in [6.45, 7) is 0. The molecule has 8 rings (SSSR count). The Balaban J connectivity index is 1.36. The SMILES string of the molecule is c1ccc(-c2ccc3c(c2)c2cc(-c4ccc5c(c4)-c4ccccc4C5)ccc2n3-c2ccccc2)cc1. The number of hydrogen-bond acceptors (Lipinski definition) is 0. The number of fused-ring (bicyclic) bond motifs is 6. The monoisotopic (exact) mass is 483 g/mol. The third-order valence-corrected chi connectivity index (χ3v) is 8.02. The Labute approximate surface area is 222 Å². The second kappa shape index (κ2) is 8.33. The minimum Gasteiger partial charge on any atom is -0.309 e. The van der Waals surface area contributed by atoms with Gasteiger partial charge in [0.1, 0.15) is 0 Å². The third kappa shape index (κ3) is 3.26. The third-order valence-electron chi connectivity index (χ3n) is 8.02. The molecule has 0 N–H and O–H groups in total. The zero-order valence-electron chi connectivity index (χ0n) is 20.9. The average molecular weight is 484 g/mol. The zero-order valence-corrected chi connectivity index (χ0v) is 20.9. The predicted octanol–water partition coefficient (Wildman–Crippen LogP) is 9.69. The first-order valence-corrected chi connectivity index (χ1v) is 13.2. The van der Waals surface area contributed by atoms with E-state index in [1.54, 1.807) is 0 Å². The maximum atomic E-state index is 2.39. The van der Waals surface area contributed by atoms with Crippen LogP contribution in [0, 0.1) is 0 Å². The second-order valence-electron chi connectivity index (χ2n) is 10.2. The number of rotatable bonds is 3. The first-order chi connectivity index (χ1) is 18.8. The van der Waals surface area contributed by atoms with Crippen LogP contribution in [0.2, 0.25) is 0 Å². The number of aromatic nitrogens is 1. The molecule has 1 heterocycles. The normalized spacial score (nSPS) is 12.1. The van der Waals surface area contributed by atoms with Gasteiger partial charge < -0.3 is 4.57 Å². The molecule has 0 bridgehead atoms. The van der Waals surface area contributed by atoms with E-state index in [9.17, 15) is 0 Å². The van der Waals surface area contributed by atoms with Crippen LogP contribution in [0.4, 0.5) is 0 Å². The highest BCUT2D eigenvalue weighted by Gasteiger charge is 2.19. The fraction of sp³-hybridized carbons (Fsp3) is 0.0270. The molecule has 0 saturated heterocycles.